The summed E-state index contributed by atoms with van der Waals surface area (Å²) in [6, 6.07) is 10.7. The summed E-state index contributed by atoms with van der Waals surface area (Å²) in [6.45, 7) is 7.53. The van der Waals surface area contributed by atoms with E-state index in [2.05, 4.69) is 11.6 Å². The van der Waals surface area contributed by atoms with E-state index in [0.29, 0.717) is 23.6 Å². The van der Waals surface area contributed by atoms with Crippen LogP contribution in [-0.2, 0) is 14.3 Å². The molecule has 2 heterocycles. The first-order valence-corrected chi connectivity index (χ1v) is 12.6. The number of aromatic nitrogens is 1. The first kappa shape index (κ1) is 26.7. The van der Waals surface area contributed by atoms with Gasteiger partial charge in [0.05, 0.1) is 23.9 Å². The molecule has 0 radical (unpaired) electrons. The number of carbonyl (C=O) groups excluding carboxylic acids is 3. The number of ketones is 1. The Morgan fingerprint density at radius 3 is 2.66 bits per heavy atom. The maximum atomic E-state index is 13.5. The highest BCUT2D eigenvalue weighted by molar-refractivity contribution is 7.17. The highest BCUT2D eigenvalue weighted by Crippen LogP contribution is 2.44. The van der Waals surface area contributed by atoms with Gasteiger partial charge in [0.2, 0.25) is 0 Å². The van der Waals surface area contributed by atoms with Gasteiger partial charge in [0.1, 0.15) is 28.8 Å². The molecular formula is C28H25FN2O6S. The fraction of sp³-hybridized carbons (Fsp3) is 0.214. The van der Waals surface area contributed by atoms with Crippen LogP contribution in [0.2, 0.25) is 0 Å². The normalized spacial score (nSPS) is 16.5. The van der Waals surface area contributed by atoms with E-state index in [9.17, 15) is 23.9 Å². The number of thiazole rings is 1. The maximum Gasteiger partial charge on any atom is 0.350 e. The summed E-state index contributed by atoms with van der Waals surface area (Å²) in [4.78, 5) is 44.9. The highest BCUT2D eigenvalue weighted by Gasteiger charge is 2.48. The monoisotopic (exact) mass is 536 g/mol. The predicted octanol–water partition coefficient (Wildman–Crippen LogP) is 5.35. The lowest BCUT2D eigenvalue weighted by Crippen LogP contribution is -2.29. The van der Waals surface area contributed by atoms with Crippen molar-refractivity contribution >= 4 is 39.9 Å². The molecule has 0 spiro atoms. The Morgan fingerprint density at radius 1 is 1.24 bits per heavy atom. The van der Waals surface area contributed by atoms with E-state index < -0.39 is 35.3 Å². The second kappa shape index (κ2) is 11.4. The third-order valence-corrected chi connectivity index (χ3v) is 6.85. The number of aliphatic hydroxyl groups excluding tert-OH is 1. The first-order valence-electron chi connectivity index (χ1n) is 11.8. The zero-order chi connectivity index (χ0) is 27.4. The smallest absolute Gasteiger partial charge is 0.350 e. The van der Waals surface area contributed by atoms with Crippen LogP contribution in [0.1, 0.15) is 45.9 Å². The van der Waals surface area contributed by atoms with Gasteiger partial charge in [-0.05, 0) is 55.3 Å². The average molecular weight is 537 g/mol. The fourth-order valence-corrected chi connectivity index (χ4v) is 4.97. The molecule has 8 nitrogen and oxygen atoms in total. The Hall–Kier alpha value is -4.31. The van der Waals surface area contributed by atoms with Gasteiger partial charge in [-0.25, -0.2) is 14.2 Å². The van der Waals surface area contributed by atoms with Crippen molar-refractivity contribution < 1.29 is 33.4 Å². The number of hydrogen-bond acceptors (Lipinski definition) is 8. The lowest BCUT2D eigenvalue weighted by Gasteiger charge is -2.23. The second-order valence-electron chi connectivity index (χ2n) is 8.40. The van der Waals surface area contributed by atoms with Crippen molar-refractivity contribution in [3.8, 4) is 5.75 Å². The van der Waals surface area contributed by atoms with Gasteiger partial charge in [0.25, 0.3) is 5.78 Å². The van der Waals surface area contributed by atoms with E-state index in [1.165, 1.54) is 18.2 Å². The van der Waals surface area contributed by atoms with E-state index in [1.54, 1.807) is 31.2 Å². The zero-order valence-electron chi connectivity index (χ0n) is 20.8. The fourth-order valence-electron chi connectivity index (χ4n) is 3.98. The topological polar surface area (TPSA) is 106 Å². The van der Waals surface area contributed by atoms with Crippen molar-refractivity contribution in [1.82, 2.24) is 4.98 Å². The summed E-state index contributed by atoms with van der Waals surface area (Å²) < 4.78 is 24.4. The standard InChI is InChI=1S/C28H25FN2O6S/c1-4-13-36-20-8-6-7-18(15-20)22-21(23(32)17-9-11-19(29)12-10-17)24(33)26(34)31(22)28-30-16(3)25(38-28)27(35)37-14-5-2/h5-12,15,22,32H,2,4,13-14H2,1,3H3/b23-21+. The Labute approximate surface area is 222 Å². The van der Waals surface area contributed by atoms with Gasteiger partial charge in [0.15, 0.2) is 5.13 Å². The molecule has 3 aromatic rings. The van der Waals surface area contributed by atoms with Gasteiger partial charge in [-0.2, -0.15) is 0 Å². The van der Waals surface area contributed by atoms with Crippen molar-refractivity contribution in [1.29, 1.82) is 0 Å². The minimum atomic E-state index is -1.09. The Kier molecular flexibility index (Phi) is 8.02. The molecule has 4 rings (SSSR count). The van der Waals surface area contributed by atoms with Gasteiger partial charge in [-0.1, -0.05) is 43.0 Å². The molecule has 1 atom stereocenters. The molecule has 196 valence electrons. The van der Waals surface area contributed by atoms with E-state index in [1.807, 2.05) is 6.92 Å². The Bertz CT molecular complexity index is 1430. The first-order chi connectivity index (χ1) is 18.3. The second-order valence-corrected chi connectivity index (χ2v) is 9.37. The predicted molar refractivity (Wildman–Crippen MR) is 141 cm³/mol. The maximum absolute atomic E-state index is 13.5. The minimum absolute atomic E-state index is 0.00174. The number of carbonyl (C=O) groups is 3. The number of benzene rings is 2. The van der Waals surface area contributed by atoms with Crippen molar-refractivity contribution in [2.24, 2.45) is 0 Å². The number of anilines is 1. The van der Waals surface area contributed by atoms with Crippen LogP contribution in [0.3, 0.4) is 0 Å². The molecule has 1 aromatic heterocycles. The van der Waals surface area contributed by atoms with Crippen LogP contribution in [0, 0.1) is 12.7 Å². The van der Waals surface area contributed by atoms with Crippen LogP contribution < -0.4 is 9.64 Å². The molecule has 0 saturated carbocycles. The number of esters is 1. The van der Waals surface area contributed by atoms with Gasteiger partial charge in [-0.3, -0.25) is 14.5 Å². The number of Topliss-reactive ketones (excluding diaryl/α,β-unsaturated/α-hetero) is 1. The lowest BCUT2D eigenvalue weighted by molar-refractivity contribution is -0.132. The summed E-state index contributed by atoms with van der Waals surface area (Å²) in [6.07, 6.45) is 2.20. The van der Waals surface area contributed by atoms with Gasteiger partial charge in [0, 0.05) is 5.56 Å². The van der Waals surface area contributed by atoms with Crippen molar-refractivity contribution in [2.45, 2.75) is 26.3 Å². The number of aryl methyl sites for hydroxylation is 1. The number of halogens is 1. The molecule has 0 bridgehead atoms. The summed E-state index contributed by atoms with van der Waals surface area (Å²) in [7, 11) is 0. The van der Waals surface area contributed by atoms with Crippen LogP contribution in [-0.4, -0.2) is 41.0 Å². The van der Waals surface area contributed by atoms with Gasteiger partial charge >= 0.3 is 11.9 Å². The van der Waals surface area contributed by atoms with Crippen LogP contribution in [0.5, 0.6) is 5.75 Å². The minimum Gasteiger partial charge on any atom is -0.507 e. The van der Waals surface area contributed by atoms with Crippen molar-refractivity contribution in [2.75, 3.05) is 18.1 Å². The number of hydrogen-bond donors (Lipinski definition) is 1. The molecule has 0 aliphatic carbocycles. The van der Waals surface area contributed by atoms with Crippen LogP contribution in [0.4, 0.5) is 9.52 Å². The van der Waals surface area contributed by atoms with Crippen LogP contribution in [0.15, 0.2) is 66.8 Å². The average Bonchev–Trinajstić information content (AvgIpc) is 3.42. The van der Waals surface area contributed by atoms with E-state index in [-0.39, 0.29) is 27.8 Å². The number of nitrogens with zero attached hydrogens (tertiary/aromatic N) is 2. The third-order valence-electron chi connectivity index (χ3n) is 5.72. The van der Waals surface area contributed by atoms with E-state index >= 15 is 0 Å². The van der Waals surface area contributed by atoms with E-state index in [0.717, 1.165) is 34.8 Å². The van der Waals surface area contributed by atoms with Gasteiger partial charge < -0.3 is 14.6 Å². The molecule has 1 saturated heterocycles. The summed E-state index contributed by atoms with van der Waals surface area (Å²) >= 11 is 0.897. The molecule has 1 amide bonds. The molecule has 1 unspecified atom stereocenters. The van der Waals surface area contributed by atoms with Crippen molar-refractivity contribution in [3.05, 3.63) is 94.3 Å². The van der Waals surface area contributed by atoms with E-state index in [4.69, 9.17) is 9.47 Å². The molecule has 1 aliphatic rings. The SMILES string of the molecule is C=CCOC(=O)c1sc(N2C(=O)C(=O)/C(=C(/O)c3ccc(F)cc3)C2c2cccc(OCCC)c2)nc1C. The molecule has 2 aromatic carbocycles. The third kappa shape index (κ3) is 5.21. The largest absolute Gasteiger partial charge is 0.507 e. The molecule has 1 fully saturated rings. The molecular weight excluding hydrogens is 511 g/mol. The van der Waals surface area contributed by atoms with Crippen LogP contribution in [0.25, 0.3) is 5.76 Å². The summed E-state index contributed by atoms with van der Waals surface area (Å²) in [5.41, 5.74) is 0.762. The van der Waals surface area contributed by atoms with Gasteiger partial charge in [-0.15, -0.1) is 0 Å². The summed E-state index contributed by atoms with van der Waals surface area (Å²) in [5, 5.41) is 11.3. The Balaban J connectivity index is 1.88. The number of ether oxygens (including phenoxy) is 2. The number of aliphatic hydroxyl groups is 1. The molecule has 1 aliphatic heterocycles. The zero-order valence-corrected chi connectivity index (χ0v) is 21.6. The van der Waals surface area contributed by atoms with Crippen molar-refractivity contribution in [3.63, 3.8) is 0 Å². The number of amides is 1. The van der Waals surface area contributed by atoms with Crippen LogP contribution >= 0.6 is 11.3 Å². The molecule has 1 N–H and O–H groups in total. The number of rotatable bonds is 9. The molecule has 10 heteroatoms. The summed E-state index contributed by atoms with van der Waals surface area (Å²) in [5.74, 6) is -2.98. The Morgan fingerprint density at radius 2 is 1.97 bits per heavy atom. The molecule has 38 heavy (non-hydrogen) atoms. The quantitative estimate of drug-likeness (QED) is 0.129. The highest BCUT2D eigenvalue weighted by atomic mass is 32.1. The lowest BCUT2D eigenvalue weighted by atomic mass is 9.95.